The summed E-state index contributed by atoms with van der Waals surface area (Å²) in [6.07, 6.45) is 3.17. The lowest BCUT2D eigenvalue weighted by Gasteiger charge is -2.02. The number of hydrogen-bond acceptors (Lipinski definition) is 4. The molecule has 86 valence electrons. The number of fused-ring (bicyclic) bond motifs is 1. The van der Waals surface area contributed by atoms with Gasteiger partial charge < -0.3 is 4.42 Å². The molecule has 1 heterocycles. The van der Waals surface area contributed by atoms with E-state index >= 15 is 0 Å². The van der Waals surface area contributed by atoms with E-state index in [4.69, 9.17) is 4.42 Å². The Morgan fingerprint density at radius 1 is 1.44 bits per heavy atom. The van der Waals surface area contributed by atoms with Gasteiger partial charge in [-0.05, 0) is 24.1 Å². The Bertz CT molecular complexity index is 589. The van der Waals surface area contributed by atoms with E-state index in [-0.39, 0.29) is 0 Å². The van der Waals surface area contributed by atoms with Crippen molar-refractivity contribution in [1.29, 1.82) is 0 Å². The van der Waals surface area contributed by atoms with Crippen LogP contribution in [0.15, 0.2) is 29.0 Å². The van der Waals surface area contributed by atoms with Crippen LogP contribution in [-0.2, 0) is 16.4 Å². The van der Waals surface area contributed by atoms with Crippen molar-refractivity contribution >= 4 is 21.1 Å². The van der Waals surface area contributed by atoms with Crippen LogP contribution in [0, 0.1) is 0 Å². The average molecular weight is 240 g/mol. The Morgan fingerprint density at radius 3 is 3.00 bits per heavy atom. The van der Waals surface area contributed by atoms with Crippen molar-refractivity contribution < 1.29 is 12.8 Å². The SMILES string of the molecule is CS(=O)(=O)NCCc1ccc2ocnc2c1. The van der Waals surface area contributed by atoms with E-state index in [1.807, 2.05) is 18.2 Å². The lowest BCUT2D eigenvalue weighted by molar-refractivity contribution is 0.587. The summed E-state index contributed by atoms with van der Waals surface area (Å²) in [6.45, 7) is 0.391. The van der Waals surface area contributed by atoms with Gasteiger partial charge >= 0.3 is 0 Å². The average Bonchev–Trinajstić information content (AvgIpc) is 2.62. The summed E-state index contributed by atoms with van der Waals surface area (Å²) in [5, 5.41) is 0. The van der Waals surface area contributed by atoms with Gasteiger partial charge in [0, 0.05) is 6.54 Å². The molecule has 16 heavy (non-hydrogen) atoms. The van der Waals surface area contributed by atoms with E-state index in [0.29, 0.717) is 13.0 Å². The Hall–Kier alpha value is -1.40. The van der Waals surface area contributed by atoms with Gasteiger partial charge in [0.05, 0.1) is 6.26 Å². The fourth-order valence-corrected chi connectivity index (χ4v) is 1.91. The van der Waals surface area contributed by atoms with Gasteiger partial charge in [-0.3, -0.25) is 0 Å². The lowest BCUT2D eigenvalue weighted by Crippen LogP contribution is -2.24. The molecule has 6 heteroatoms. The van der Waals surface area contributed by atoms with Gasteiger partial charge in [-0.1, -0.05) is 6.07 Å². The maximum absolute atomic E-state index is 10.9. The summed E-state index contributed by atoms with van der Waals surface area (Å²) in [4.78, 5) is 4.03. The second-order valence-corrected chi connectivity index (χ2v) is 5.40. The van der Waals surface area contributed by atoms with Gasteiger partial charge in [-0.25, -0.2) is 18.1 Å². The molecule has 2 rings (SSSR count). The summed E-state index contributed by atoms with van der Waals surface area (Å²) >= 11 is 0. The topological polar surface area (TPSA) is 72.2 Å². The van der Waals surface area contributed by atoms with Crippen molar-refractivity contribution in [3.63, 3.8) is 0 Å². The highest BCUT2D eigenvalue weighted by atomic mass is 32.2. The molecule has 0 amide bonds. The number of sulfonamides is 1. The van der Waals surface area contributed by atoms with Crippen LogP contribution in [0.3, 0.4) is 0 Å². The van der Waals surface area contributed by atoms with Gasteiger partial charge in [0.25, 0.3) is 0 Å². The monoisotopic (exact) mass is 240 g/mol. The number of nitrogens with one attached hydrogen (secondary N) is 1. The molecule has 0 unspecified atom stereocenters. The largest absolute Gasteiger partial charge is 0.443 e. The van der Waals surface area contributed by atoms with Gasteiger partial charge in [-0.2, -0.15) is 0 Å². The minimum absolute atomic E-state index is 0.391. The highest BCUT2D eigenvalue weighted by Gasteiger charge is 2.02. The molecule has 0 aliphatic heterocycles. The van der Waals surface area contributed by atoms with Crippen LogP contribution >= 0.6 is 0 Å². The standard InChI is InChI=1S/C10H12N2O3S/c1-16(13,14)12-5-4-8-2-3-10-9(6-8)11-7-15-10/h2-3,6-7,12H,4-5H2,1H3. The van der Waals surface area contributed by atoms with E-state index in [2.05, 4.69) is 9.71 Å². The van der Waals surface area contributed by atoms with Crippen molar-refractivity contribution in [2.45, 2.75) is 6.42 Å². The van der Waals surface area contributed by atoms with E-state index < -0.39 is 10.0 Å². The minimum Gasteiger partial charge on any atom is -0.443 e. The molecule has 0 spiro atoms. The molecule has 0 aliphatic carbocycles. The smallest absolute Gasteiger partial charge is 0.208 e. The van der Waals surface area contributed by atoms with E-state index in [1.165, 1.54) is 6.39 Å². The van der Waals surface area contributed by atoms with Crippen LogP contribution in [0.5, 0.6) is 0 Å². The first-order valence-electron chi connectivity index (χ1n) is 4.81. The third kappa shape index (κ3) is 2.80. The van der Waals surface area contributed by atoms with Gasteiger partial charge in [0.1, 0.15) is 5.52 Å². The summed E-state index contributed by atoms with van der Waals surface area (Å²) in [7, 11) is -3.11. The quantitative estimate of drug-likeness (QED) is 0.862. The summed E-state index contributed by atoms with van der Waals surface area (Å²) < 4.78 is 29.3. The molecule has 0 saturated heterocycles. The van der Waals surface area contributed by atoms with Crippen molar-refractivity contribution in [2.75, 3.05) is 12.8 Å². The molecule has 0 saturated carbocycles. The van der Waals surface area contributed by atoms with E-state index in [9.17, 15) is 8.42 Å². The third-order valence-corrected chi connectivity index (χ3v) is 2.90. The molecule has 0 atom stereocenters. The van der Waals surface area contributed by atoms with Crippen LogP contribution in [0.2, 0.25) is 0 Å². The van der Waals surface area contributed by atoms with Crippen molar-refractivity contribution in [2.24, 2.45) is 0 Å². The Kier molecular flexibility index (Phi) is 2.93. The van der Waals surface area contributed by atoms with Gasteiger partial charge in [0.15, 0.2) is 12.0 Å². The predicted molar refractivity (Wildman–Crippen MR) is 60.6 cm³/mol. The normalized spacial score (nSPS) is 12.1. The zero-order valence-electron chi connectivity index (χ0n) is 8.80. The fraction of sp³-hybridized carbons (Fsp3) is 0.300. The third-order valence-electron chi connectivity index (χ3n) is 2.17. The number of oxazole rings is 1. The number of rotatable bonds is 4. The lowest BCUT2D eigenvalue weighted by atomic mass is 10.1. The molecular weight excluding hydrogens is 228 g/mol. The Balaban J connectivity index is 2.04. The second kappa shape index (κ2) is 4.23. The molecule has 2 aromatic rings. The molecule has 5 nitrogen and oxygen atoms in total. The Morgan fingerprint density at radius 2 is 2.25 bits per heavy atom. The van der Waals surface area contributed by atoms with Crippen molar-refractivity contribution in [3.8, 4) is 0 Å². The molecule has 1 N–H and O–H groups in total. The summed E-state index contributed by atoms with van der Waals surface area (Å²) in [5.74, 6) is 0. The number of hydrogen-bond donors (Lipinski definition) is 1. The molecule has 0 fully saturated rings. The van der Waals surface area contributed by atoms with Gasteiger partial charge in [0.2, 0.25) is 10.0 Å². The molecular formula is C10H12N2O3S. The first-order chi connectivity index (χ1) is 7.54. The van der Waals surface area contributed by atoms with Crippen molar-refractivity contribution in [3.05, 3.63) is 30.2 Å². The fourth-order valence-electron chi connectivity index (χ4n) is 1.44. The van der Waals surface area contributed by atoms with Crippen LogP contribution in [0.1, 0.15) is 5.56 Å². The number of aromatic nitrogens is 1. The molecule has 0 radical (unpaired) electrons. The zero-order chi connectivity index (χ0) is 11.6. The van der Waals surface area contributed by atoms with Crippen LogP contribution < -0.4 is 4.72 Å². The number of benzene rings is 1. The van der Waals surface area contributed by atoms with Crippen molar-refractivity contribution in [1.82, 2.24) is 9.71 Å². The number of nitrogens with zero attached hydrogens (tertiary/aromatic N) is 1. The minimum atomic E-state index is -3.11. The predicted octanol–water partition coefficient (Wildman–Crippen LogP) is 0.919. The van der Waals surface area contributed by atoms with E-state index in [1.54, 1.807) is 0 Å². The Labute approximate surface area is 93.5 Å². The summed E-state index contributed by atoms with van der Waals surface area (Å²) in [5.41, 5.74) is 2.55. The molecule has 0 aliphatic rings. The highest BCUT2D eigenvalue weighted by molar-refractivity contribution is 7.88. The molecule has 0 bridgehead atoms. The van der Waals surface area contributed by atoms with Crippen LogP contribution in [-0.4, -0.2) is 26.2 Å². The first-order valence-corrected chi connectivity index (χ1v) is 6.70. The molecule has 1 aromatic carbocycles. The second-order valence-electron chi connectivity index (χ2n) is 3.57. The highest BCUT2D eigenvalue weighted by Crippen LogP contribution is 2.14. The van der Waals surface area contributed by atoms with Gasteiger partial charge in [-0.15, -0.1) is 0 Å². The first kappa shape index (κ1) is 11.1. The van der Waals surface area contributed by atoms with Crippen LogP contribution in [0.25, 0.3) is 11.1 Å². The van der Waals surface area contributed by atoms with E-state index in [0.717, 1.165) is 22.9 Å². The zero-order valence-corrected chi connectivity index (χ0v) is 9.62. The maximum Gasteiger partial charge on any atom is 0.208 e. The molecule has 1 aromatic heterocycles. The van der Waals surface area contributed by atoms with Crippen LogP contribution in [0.4, 0.5) is 0 Å². The summed E-state index contributed by atoms with van der Waals surface area (Å²) in [6, 6.07) is 5.62. The maximum atomic E-state index is 10.9.